The normalized spacial score (nSPS) is 12.6. The van der Waals surface area contributed by atoms with E-state index in [4.69, 9.17) is 4.74 Å². The first-order valence-electron chi connectivity index (χ1n) is 4.27. The molecule has 0 spiro atoms. The number of nitrogens with zero attached hydrogens (tertiary/aromatic N) is 1. The highest BCUT2D eigenvalue weighted by molar-refractivity contribution is 5.32. The Bertz CT molecular complexity index is 247. The Morgan fingerprint density at radius 2 is 2.33 bits per heavy atom. The Morgan fingerprint density at radius 1 is 1.58 bits per heavy atom. The van der Waals surface area contributed by atoms with Gasteiger partial charge in [-0.2, -0.15) is 0 Å². The fourth-order valence-corrected chi connectivity index (χ4v) is 1.17. The lowest BCUT2D eigenvalue weighted by Gasteiger charge is -2.12. The lowest BCUT2D eigenvalue weighted by Crippen LogP contribution is -1.96. The summed E-state index contributed by atoms with van der Waals surface area (Å²) in [5, 5.41) is 0. The third-order valence-electron chi connectivity index (χ3n) is 2.17. The maximum Gasteiger partial charge on any atom is 0.125 e. The topological polar surface area (TPSA) is 22.1 Å². The van der Waals surface area contributed by atoms with Crippen molar-refractivity contribution in [1.82, 2.24) is 4.98 Å². The molecule has 0 saturated heterocycles. The minimum atomic E-state index is 0.522. The molecule has 0 aliphatic heterocycles. The van der Waals surface area contributed by atoms with Crippen LogP contribution in [0.4, 0.5) is 0 Å². The van der Waals surface area contributed by atoms with Gasteiger partial charge in [-0.1, -0.05) is 13.8 Å². The van der Waals surface area contributed by atoms with Crippen LogP contribution in [0.15, 0.2) is 18.5 Å². The van der Waals surface area contributed by atoms with Crippen molar-refractivity contribution in [2.45, 2.75) is 26.2 Å². The number of ether oxygens (including phenoxy) is 1. The first-order chi connectivity index (χ1) is 5.79. The zero-order valence-corrected chi connectivity index (χ0v) is 7.87. The van der Waals surface area contributed by atoms with E-state index in [0.717, 1.165) is 12.2 Å². The highest BCUT2D eigenvalue weighted by atomic mass is 16.5. The Kier molecular flexibility index (Phi) is 3.09. The van der Waals surface area contributed by atoms with E-state index >= 15 is 0 Å². The molecule has 1 aromatic heterocycles. The van der Waals surface area contributed by atoms with Crippen LogP contribution in [0.1, 0.15) is 31.7 Å². The Balaban J connectivity index is 2.96. The number of hydrogen-bond acceptors (Lipinski definition) is 2. The first-order valence-corrected chi connectivity index (χ1v) is 4.27. The lowest BCUT2D eigenvalue weighted by atomic mass is 10.00. The van der Waals surface area contributed by atoms with Gasteiger partial charge in [0.1, 0.15) is 5.75 Å². The second-order valence-corrected chi connectivity index (χ2v) is 2.93. The van der Waals surface area contributed by atoms with Crippen LogP contribution in [0.3, 0.4) is 0 Å². The third kappa shape index (κ3) is 1.76. The standard InChI is InChI=1S/C10H15NO/c1-4-8(2)9-7-11-6-5-10(9)12-3/h5-8H,4H2,1-3H3. The van der Waals surface area contributed by atoms with Gasteiger partial charge in [0.2, 0.25) is 0 Å². The summed E-state index contributed by atoms with van der Waals surface area (Å²) < 4.78 is 5.23. The summed E-state index contributed by atoms with van der Waals surface area (Å²) in [6.45, 7) is 4.34. The maximum absolute atomic E-state index is 5.23. The number of aromatic nitrogens is 1. The molecule has 1 heterocycles. The maximum atomic E-state index is 5.23. The first kappa shape index (κ1) is 9.04. The van der Waals surface area contributed by atoms with Gasteiger partial charge in [0.15, 0.2) is 0 Å². The molecule has 1 aromatic rings. The molecule has 1 atom stereocenters. The summed E-state index contributed by atoms with van der Waals surface area (Å²) in [5.41, 5.74) is 1.20. The molecule has 12 heavy (non-hydrogen) atoms. The largest absolute Gasteiger partial charge is 0.496 e. The predicted molar refractivity (Wildman–Crippen MR) is 49.5 cm³/mol. The van der Waals surface area contributed by atoms with Crippen LogP contribution in [-0.4, -0.2) is 12.1 Å². The number of hydrogen-bond donors (Lipinski definition) is 0. The van der Waals surface area contributed by atoms with Gasteiger partial charge >= 0.3 is 0 Å². The number of pyridine rings is 1. The molecule has 66 valence electrons. The number of methoxy groups -OCH3 is 1. The molecule has 0 aliphatic carbocycles. The van der Waals surface area contributed by atoms with E-state index in [-0.39, 0.29) is 0 Å². The predicted octanol–water partition coefficient (Wildman–Crippen LogP) is 2.60. The molecular weight excluding hydrogens is 150 g/mol. The molecule has 0 fully saturated rings. The summed E-state index contributed by atoms with van der Waals surface area (Å²) in [6, 6.07) is 1.90. The van der Waals surface area contributed by atoms with Crippen LogP contribution in [0, 0.1) is 0 Å². The Morgan fingerprint density at radius 3 is 2.92 bits per heavy atom. The summed E-state index contributed by atoms with van der Waals surface area (Å²) in [7, 11) is 1.70. The fraction of sp³-hybridized carbons (Fsp3) is 0.500. The second-order valence-electron chi connectivity index (χ2n) is 2.93. The molecule has 0 bridgehead atoms. The molecule has 1 rings (SSSR count). The van der Waals surface area contributed by atoms with Gasteiger partial charge < -0.3 is 4.74 Å². The van der Waals surface area contributed by atoms with Crippen molar-refractivity contribution in [3.8, 4) is 5.75 Å². The van der Waals surface area contributed by atoms with Gasteiger partial charge in [0.25, 0.3) is 0 Å². The van der Waals surface area contributed by atoms with Crippen molar-refractivity contribution >= 4 is 0 Å². The quantitative estimate of drug-likeness (QED) is 0.686. The zero-order valence-electron chi connectivity index (χ0n) is 7.87. The van der Waals surface area contributed by atoms with Crippen LogP contribution in [0.2, 0.25) is 0 Å². The lowest BCUT2D eigenvalue weighted by molar-refractivity contribution is 0.405. The van der Waals surface area contributed by atoms with Crippen molar-refractivity contribution < 1.29 is 4.74 Å². The molecule has 1 unspecified atom stereocenters. The van der Waals surface area contributed by atoms with Gasteiger partial charge in [-0.05, 0) is 18.4 Å². The van der Waals surface area contributed by atoms with E-state index < -0.39 is 0 Å². The smallest absolute Gasteiger partial charge is 0.125 e. The average molecular weight is 165 g/mol. The second kappa shape index (κ2) is 4.10. The molecule has 0 amide bonds. The van der Waals surface area contributed by atoms with Gasteiger partial charge in [-0.25, -0.2) is 0 Å². The highest BCUT2D eigenvalue weighted by Crippen LogP contribution is 2.26. The molecule has 2 heteroatoms. The van der Waals surface area contributed by atoms with Gasteiger partial charge in [-0.3, -0.25) is 4.98 Å². The number of rotatable bonds is 3. The fourth-order valence-electron chi connectivity index (χ4n) is 1.17. The van der Waals surface area contributed by atoms with E-state index in [0.29, 0.717) is 5.92 Å². The van der Waals surface area contributed by atoms with E-state index in [1.165, 1.54) is 5.56 Å². The molecular formula is C10H15NO. The van der Waals surface area contributed by atoms with Crippen molar-refractivity contribution in [3.05, 3.63) is 24.0 Å². The highest BCUT2D eigenvalue weighted by Gasteiger charge is 2.08. The molecule has 0 N–H and O–H groups in total. The van der Waals surface area contributed by atoms with E-state index in [1.807, 2.05) is 12.3 Å². The summed E-state index contributed by atoms with van der Waals surface area (Å²) >= 11 is 0. The van der Waals surface area contributed by atoms with E-state index in [1.54, 1.807) is 13.3 Å². The van der Waals surface area contributed by atoms with Crippen molar-refractivity contribution in [3.63, 3.8) is 0 Å². The SMILES string of the molecule is CCC(C)c1cnccc1OC. The van der Waals surface area contributed by atoms with Gasteiger partial charge in [0, 0.05) is 18.0 Å². The van der Waals surface area contributed by atoms with E-state index in [9.17, 15) is 0 Å². The summed E-state index contributed by atoms with van der Waals surface area (Å²) in [5.74, 6) is 1.47. The van der Waals surface area contributed by atoms with Crippen molar-refractivity contribution in [2.75, 3.05) is 7.11 Å². The average Bonchev–Trinajstić information content (AvgIpc) is 2.16. The van der Waals surface area contributed by atoms with Crippen LogP contribution < -0.4 is 4.74 Å². The Hall–Kier alpha value is -1.05. The minimum absolute atomic E-state index is 0.522. The van der Waals surface area contributed by atoms with Gasteiger partial charge in [0.05, 0.1) is 7.11 Å². The molecule has 0 aromatic carbocycles. The van der Waals surface area contributed by atoms with Crippen LogP contribution >= 0.6 is 0 Å². The van der Waals surface area contributed by atoms with Crippen LogP contribution in [0.5, 0.6) is 5.75 Å². The molecule has 2 nitrogen and oxygen atoms in total. The summed E-state index contributed by atoms with van der Waals surface area (Å²) in [4.78, 5) is 4.08. The molecule has 0 radical (unpaired) electrons. The monoisotopic (exact) mass is 165 g/mol. The minimum Gasteiger partial charge on any atom is -0.496 e. The van der Waals surface area contributed by atoms with Crippen molar-refractivity contribution in [1.29, 1.82) is 0 Å². The van der Waals surface area contributed by atoms with Crippen LogP contribution in [-0.2, 0) is 0 Å². The van der Waals surface area contributed by atoms with Crippen molar-refractivity contribution in [2.24, 2.45) is 0 Å². The summed E-state index contributed by atoms with van der Waals surface area (Å²) in [6.07, 6.45) is 4.75. The molecule has 0 aliphatic rings. The van der Waals surface area contributed by atoms with E-state index in [2.05, 4.69) is 18.8 Å². The zero-order chi connectivity index (χ0) is 8.97. The Labute approximate surface area is 73.6 Å². The third-order valence-corrected chi connectivity index (χ3v) is 2.17. The van der Waals surface area contributed by atoms with Gasteiger partial charge in [-0.15, -0.1) is 0 Å². The van der Waals surface area contributed by atoms with Crippen LogP contribution in [0.25, 0.3) is 0 Å². The molecule has 0 saturated carbocycles.